The predicted molar refractivity (Wildman–Crippen MR) is 171 cm³/mol. The Balaban J connectivity index is 1.75. The van der Waals surface area contributed by atoms with Gasteiger partial charge in [0.05, 0.1) is 17.0 Å². The first kappa shape index (κ1) is 30.3. The molecule has 0 unspecified atom stereocenters. The van der Waals surface area contributed by atoms with Gasteiger partial charge in [0.1, 0.15) is 16.9 Å². The van der Waals surface area contributed by atoms with E-state index >= 15 is 0 Å². The summed E-state index contributed by atoms with van der Waals surface area (Å²) in [5.74, 6) is 0.109. The zero-order valence-corrected chi connectivity index (χ0v) is 25.3. The topological polar surface area (TPSA) is 104 Å². The average molecular weight is 566 g/mol. The van der Waals surface area contributed by atoms with E-state index in [9.17, 15) is 9.59 Å². The molecule has 0 saturated carbocycles. The molecule has 0 fully saturated rings. The second kappa shape index (κ2) is 12.5. The van der Waals surface area contributed by atoms with Crippen molar-refractivity contribution in [2.75, 3.05) is 12.4 Å². The number of hydrogen-bond acceptors (Lipinski definition) is 7. The molecule has 3 aromatic carbocycles. The Kier molecular flexibility index (Phi) is 9.00. The quantitative estimate of drug-likeness (QED) is 0.143. The molecule has 0 amide bonds. The molecule has 0 aliphatic rings. The third kappa shape index (κ3) is 6.79. The van der Waals surface area contributed by atoms with Crippen molar-refractivity contribution in [2.45, 2.75) is 59.6 Å². The van der Waals surface area contributed by atoms with Gasteiger partial charge in [-0.2, -0.15) is 0 Å². The summed E-state index contributed by atoms with van der Waals surface area (Å²) in [6.45, 7) is 11.2. The van der Waals surface area contributed by atoms with Gasteiger partial charge in [0.25, 0.3) is 0 Å². The third-order valence-corrected chi connectivity index (χ3v) is 6.92. The minimum absolute atomic E-state index is 0.0790. The van der Waals surface area contributed by atoms with Gasteiger partial charge in [0.15, 0.2) is 5.43 Å². The Morgan fingerprint density at radius 2 is 1.76 bits per heavy atom. The summed E-state index contributed by atoms with van der Waals surface area (Å²) < 4.78 is 12.2. The fourth-order valence-corrected chi connectivity index (χ4v) is 4.93. The Morgan fingerprint density at radius 1 is 1.07 bits per heavy atom. The lowest BCUT2D eigenvalue weighted by molar-refractivity contribution is 0.00706. The Labute approximate surface area is 247 Å². The van der Waals surface area contributed by atoms with Gasteiger partial charge in [-0.25, -0.2) is 4.79 Å². The first-order chi connectivity index (χ1) is 19.9. The van der Waals surface area contributed by atoms with Crippen LogP contribution in [-0.2, 0) is 11.2 Å². The molecule has 0 saturated heterocycles. The fourth-order valence-electron chi connectivity index (χ4n) is 4.93. The highest BCUT2D eigenvalue weighted by molar-refractivity contribution is 5.96. The summed E-state index contributed by atoms with van der Waals surface area (Å²) in [4.78, 5) is 26.6. The van der Waals surface area contributed by atoms with Crippen molar-refractivity contribution >= 4 is 28.8 Å². The molecule has 0 aliphatic heterocycles. The largest absolute Gasteiger partial charge is 0.456 e. The number of hydrogen-bond donors (Lipinski definition) is 3. The van der Waals surface area contributed by atoms with Gasteiger partial charge in [-0.1, -0.05) is 42.5 Å². The molecule has 4 aromatic rings. The van der Waals surface area contributed by atoms with Crippen LogP contribution in [0.5, 0.6) is 0 Å². The number of para-hydroxylation sites is 1. The van der Waals surface area contributed by atoms with Crippen molar-refractivity contribution in [2.24, 2.45) is 0 Å². The molecule has 218 valence electrons. The van der Waals surface area contributed by atoms with Crippen LogP contribution in [-0.4, -0.2) is 24.8 Å². The molecule has 0 bridgehead atoms. The lowest BCUT2D eigenvalue weighted by Gasteiger charge is -2.23. The van der Waals surface area contributed by atoms with Crippen molar-refractivity contribution in [1.29, 1.82) is 5.41 Å². The molecule has 0 radical (unpaired) electrons. The first-order valence-corrected chi connectivity index (χ1v) is 14.0. The van der Waals surface area contributed by atoms with E-state index in [1.54, 1.807) is 25.3 Å². The van der Waals surface area contributed by atoms with Crippen LogP contribution < -0.4 is 16.1 Å². The van der Waals surface area contributed by atoms with Crippen LogP contribution in [0.15, 0.2) is 81.6 Å². The van der Waals surface area contributed by atoms with Crippen molar-refractivity contribution in [3.63, 3.8) is 0 Å². The SMILES string of the molecule is CN/C=C(\C=N)Cc1ccc(-c2oc3c([C@@H](C)Nc4ccccc4C(=O)OC(C)(C)C)cc(C)cc3c(=O)c2C)cc1. The van der Waals surface area contributed by atoms with E-state index < -0.39 is 11.6 Å². The second-order valence-corrected chi connectivity index (χ2v) is 11.6. The number of rotatable bonds is 9. The van der Waals surface area contributed by atoms with Gasteiger partial charge < -0.3 is 25.2 Å². The van der Waals surface area contributed by atoms with Crippen molar-refractivity contribution in [1.82, 2.24) is 5.32 Å². The molecular weight excluding hydrogens is 526 g/mol. The van der Waals surface area contributed by atoms with E-state index in [4.69, 9.17) is 14.6 Å². The van der Waals surface area contributed by atoms with E-state index in [2.05, 4.69) is 10.6 Å². The number of carbonyl (C=O) groups excluding carboxylic acids is 1. The highest BCUT2D eigenvalue weighted by Gasteiger charge is 2.23. The lowest BCUT2D eigenvalue weighted by atomic mass is 9.98. The monoisotopic (exact) mass is 565 g/mol. The van der Waals surface area contributed by atoms with E-state index in [1.165, 1.54) is 6.21 Å². The van der Waals surface area contributed by atoms with Crippen LogP contribution in [0, 0.1) is 19.3 Å². The molecule has 4 rings (SSSR count). The minimum atomic E-state index is -0.621. The first-order valence-electron chi connectivity index (χ1n) is 14.0. The van der Waals surface area contributed by atoms with Crippen LogP contribution in [0.3, 0.4) is 0 Å². The summed E-state index contributed by atoms with van der Waals surface area (Å²) in [7, 11) is 1.81. The second-order valence-electron chi connectivity index (χ2n) is 11.6. The molecule has 1 heterocycles. The van der Waals surface area contributed by atoms with Crippen LogP contribution >= 0.6 is 0 Å². The minimum Gasteiger partial charge on any atom is -0.456 e. The number of esters is 1. The number of aryl methyl sites for hydroxylation is 1. The number of fused-ring (bicyclic) bond motifs is 1. The molecule has 1 aromatic heterocycles. The van der Waals surface area contributed by atoms with Gasteiger partial charge in [0, 0.05) is 48.3 Å². The number of carbonyl (C=O) groups is 1. The van der Waals surface area contributed by atoms with Gasteiger partial charge in [-0.3, -0.25) is 4.79 Å². The smallest absolute Gasteiger partial charge is 0.340 e. The van der Waals surface area contributed by atoms with Crippen molar-refractivity contribution < 1.29 is 13.9 Å². The summed E-state index contributed by atoms with van der Waals surface area (Å²) >= 11 is 0. The van der Waals surface area contributed by atoms with Crippen LogP contribution in [0.1, 0.15) is 66.3 Å². The molecule has 0 aliphatic carbocycles. The Bertz CT molecular complexity index is 1710. The van der Waals surface area contributed by atoms with Crippen LogP contribution in [0.4, 0.5) is 5.69 Å². The molecule has 0 spiro atoms. The lowest BCUT2D eigenvalue weighted by Crippen LogP contribution is -2.24. The van der Waals surface area contributed by atoms with E-state index in [0.717, 1.165) is 27.8 Å². The number of benzene rings is 3. The number of allylic oxidation sites excluding steroid dienone is 1. The number of anilines is 1. The number of nitrogens with one attached hydrogen (secondary N) is 3. The fraction of sp³-hybridized carbons (Fsp3) is 0.286. The third-order valence-electron chi connectivity index (χ3n) is 6.92. The number of ether oxygens (including phenoxy) is 1. The summed E-state index contributed by atoms with van der Waals surface area (Å²) in [5, 5.41) is 14.6. The molecule has 3 N–H and O–H groups in total. The zero-order valence-electron chi connectivity index (χ0n) is 25.3. The molecular formula is C35H39N3O4. The highest BCUT2D eigenvalue weighted by atomic mass is 16.6. The van der Waals surface area contributed by atoms with Gasteiger partial charge >= 0.3 is 5.97 Å². The van der Waals surface area contributed by atoms with Crippen molar-refractivity contribution in [3.8, 4) is 11.3 Å². The average Bonchev–Trinajstić information content (AvgIpc) is 2.94. The Hall–Kier alpha value is -4.65. The molecule has 7 heteroatoms. The highest BCUT2D eigenvalue weighted by Crippen LogP contribution is 2.33. The van der Waals surface area contributed by atoms with E-state index in [1.807, 2.05) is 90.2 Å². The predicted octanol–water partition coefficient (Wildman–Crippen LogP) is 7.50. The summed E-state index contributed by atoms with van der Waals surface area (Å²) in [5.41, 5.74) is 5.86. The summed E-state index contributed by atoms with van der Waals surface area (Å²) in [6.07, 6.45) is 3.75. The van der Waals surface area contributed by atoms with E-state index in [-0.39, 0.29) is 11.5 Å². The van der Waals surface area contributed by atoms with Gasteiger partial charge in [-0.05, 0) is 76.4 Å². The molecule has 7 nitrogen and oxygen atoms in total. The normalized spacial score (nSPS) is 12.6. The Morgan fingerprint density at radius 3 is 2.40 bits per heavy atom. The van der Waals surface area contributed by atoms with E-state index in [0.29, 0.717) is 40.0 Å². The zero-order chi connectivity index (χ0) is 30.6. The van der Waals surface area contributed by atoms with Crippen LogP contribution in [0.25, 0.3) is 22.3 Å². The van der Waals surface area contributed by atoms with Crippen LogP contribution in [0.2, 0.25) is 0 Å². The summed E-state index contributed by atoms with van der Waals surface area (Å²) in [6, 6.07) is 18.7. The molecule has 42 heavy (non-hydrogen) atoms. The van der Waals surface area contributed by atoms with Gasteiger partial charge in [0.2, 0.25) is 0 Å². The standard InChI is InChI=1S/C35H39N3O4/c1-21-16-28(23(3)38-30-11-9-8-10-27(30)34(40)42-35(4,5)6)33-29(17-21)31(39)22(2)32(41-33)26-14-12-24(13-15-26)18-25(19-36)20-37-7/h8-17,19-20,23,36-38H,18H2,1-7H3/b25-20-,36-19?/t23-/m1/s1. The van der Waals surface area contributed by atoms with Gasteiger partial charge in [-0.15, -0.1) is 0 Å². The van der Waals surface area contributed by atoms with Crippen molar-refractivity contribution in [3.05, 3.63) is 110 Å². The maximum atomic E-state index is 13.6. The maximum Gasteiger partial charge on any atom is 0.340 e. The maximum absolute atomic E-state index is 13.6. The molecule has 1 atom stereocenters.